The maximum absolute atomic E-state index is 11.7. The zero-order valence-corrected chi connectivity index (χ0v) is 12.6. The normalized spacial score (nSPS) is 16.9. The van der Waals surface area contributed by atoms with Gasteiger partial charge in [-0.05, 0) is 25.7 Å². The number of hydrogen-bond acceptors (Lipinski definition) is 3. The summed E-state index contributed by atoms with van der Waals surface area (Å²) >= 11 is 0. The minimum atomic E-state index is -0.191. The van der Waals surface area contributed by atoms with Crippen molar-refractivity contribution < 1.29 is 14.3 Å². The molecule has 0 saturated heterocycles. The molecule has 0 aromatic carbocycles. The molecule has 0 bridgehead atoms. The number of ether oxygens (including phenoxy) is 1. The predicted octanol–water partition coefficient (Wildman–Crippen LogP) is 2.74. The van der Waals surface area contributed by atoms with Crippen LogP contribution in [0, 0.1) is 0 Å². The van der Waals surface area contributed by atoms with Gasteiger partial charge in [-0.1, -0.05) is 32.1 Å². The molecule has 0 aromatic heterocycles. The Balaban J connectivity index is 2.05. The molecular weight excluding hydrogens is 256 g/mol. The van der Waals surface area contributed by atoms with Crippen molar-refractivity contribution in [3.63, 3.8) is 0 Å². The highest BCUT2D eigenvalue weighted by atomic mass is 16.5. The number of methoxy groups -OCH3 is 1. The Labute approximate surface area is 121 Å². The van der Waals surface area contributed by atoms with E-state index in [4.69, 9.17) is 0 Å². The van der Waals surface area contributed by atoms with E-state index in [2.05, 4.69) is 15.4 Å². The van der Waals surface area contributed by atoms with Crippen LogP contribution in [0.5, 0.6) is 0 Å². The average molecular weight is 284 g/mol. The van der Waals surface area contributed by atoms with E-state index >= 15 is 0 Å². The molecule has 0 spiro atoms. The fraction of sp³-hybridized carbons (Fsp3) is 0.867. The van der Waals surface area contributed by atoms with Gasteiger partial charge in [-0.15, -0.1) is 0 Å². The van der Waals surface area contributed by atoms with Crippen LogP contribution in [0.3, 0.4) is 0 Å². The zero-order chi connectivity index (χ0) is 14.6. The summed E-state index contributed by atoms with van der Waals surface area (Å²) in [5, 5.41) is 5.91. The van der Waals surface area contributed by atoms with E-state index in [1.807, 2.05) is 0 Å². The second-order valence-corrected chi connectivity index (χ2v) is 5.48. The number of unbranched alkanes of at least 4 members (excludes halogenated alkanes) is 1. The SMILES string of the molecule is COC(=O)CCCCNC(=O)NC1CCCCCCC1. The highest BCUT2D eigenvalue weighted by Gasteiger charge is 2.13. The second kappa shape index (κ2) is 10.5. The monoisotopic (exact) mass is 284 g/mol. The first-order valence-corrected chi connectivity index (χ1v) is 7.83. The topological polar surface area (TPSA) is 67.4 Å². The molecule has 0 aliphatic heterocycles. The molecule has 1 rings (SSSR count). The first-order chi connectivity index (χ1) is 9.72. The molecule has 1 aliphatic rings. The molecule has 0 aromatic rings. The van der Waals surface area contributed by atoms with Gasteiger partial charge in [0.15, 0.2) is 0 Å². The molecule has 1 fully saturated rings. The predicted molar refractivity (Wildman–Crippen MR) is 78.5 cm³/mol. The molecule has 0 radical (unpaired) electrons. The van der Waals surface area contributed by atoms with E-state index in [0.29, 0.717) is 19.0 Å². The summed E-state index contributed by atoms with van der Waals surface area (Å²) in [6.45, 7) is 0.607. The van der Waals surface area contributed by atoms with Crippen LogP contribution in [0.15, 0.2) is 0 Å². The maximum atomic E-state index is 11.7. The van der Waals surface area contributed by atoms with Gasteiger partial charge in [-0.3, -0.25) is 4.79 Å². The molecule has 1 aliphatic carbocycles. The number of carbonyl (C=O) groups is 2. The first-order valence-electron chi connectivity index (χ1n) is 7.83. The summed E-state index contributed by atoms with van der Waals surface area (Å²) in [4.78, 5) is 22.7. The van der Waals surface area contributed by atoms with Crippen molar-refractivity contribution in [2.24, 2.45) is 0 Å². The first kappa shape index (κ1) is 16.8. The Hall–Kier alpha value is -1.26. The molecular formula is C15H28N2O3. The van der Waals surface area contributed by atoms with Gasteiger partial charge in [0, 0.05) is 19.0 Å². The summed E-state index contributed by atoms with van der Waals surface area (Å²) in [5.41, 5.74) is 0. The van der Waals surface area contributed by atoms with Crippen LogP contribution in [0.25, 0.3) is 0 Å². The van der Waals surface area contributed by atoms with Crippen molar-refractivity contribution in [1.29, 1.82) is 0 Å². The van der Waals surface area contributed by atoms with Crippen molar-refractivity contribution in [3.8, 4) is 0 Å². The maximum Gasteiger partial charge on any atom is 0.315 e. The van der Waals surface area contributed by atoms with E-state index < -0.39 is 0 Å². The Morgan fingerprint density at radius 3 is 2.35 bits per heavy atom. The number of amides is 2. The summed E-state index contributed by atoms with van der Waals surface area (Å²) in [5.74, 6) is -0.191. The number of rotatable bonds is 6. The highest BCUT2D eigenvalue weighted by molar-refractivity contribution is 5.74. The van der Waals surface area contributed by atoms with Crippen molar-refractivity contribution in [3.05, 3.63) is 0 Å². The fourth-order valence-electron chi connectivity index (χ4n) is 2.54. The Bertz CT molecular complexity index is 287. The van der Waals surface area contributed by atoms with Gasteiger partial charge in [0.1, 0.15) is 0 Å². The molecule has 5 heteroatoms. The van der Waals surface area contributed by atoms with Crippen LogP contribution in [0.4, 0.5) is 4.79 Å². The van der Waals surface area contributed by atoms with Crippen LogP contribution in [-0.2, 0) is 9.53 Å². The van der Waals surface area contributed by atoms with Gasteiger partial charge in [-0.2, -0.15) is 0 Å². The number of nitrogens with one attached hydrogen (secondary N) is 2. The third kappa shape index (κ3) is 8.02. The molecule has 1 saturated carbocycles. The van der Waals surface area contributed by atoms with Crippen molar-refractivity contribution in [2.45, 2.75) is 70.3 Å². The largest absolute Gasteiger partial charge is 0.469 e. The highest BCUT2D eigenvalue weighted by Crippen LogP contribution is 2.16. The molecule has 0 unspecified atom stereocenters. The Morgan fingerprint density at radius 1 is 1.05 bits per heavy atom. The molecule has 20 heavy (non-hydrogen) atoms. The average Bonchev–Trinajstić information content (AvgIpc) is 2.41. The van der Waals surface area contributed by atoms with E-state index in [-0.39, 0.29) is 12.0 Å². The fourth-order valence-corrected chi connectivity index (χ4v) is 2.54. The smallest absolute Gasteiger partial charge is 0.315 e. The van der Waals surface area contributed by atoms with Crippen molar-refractivity contribution >= 4 is 12.0 Å². The van der Waals surface area contributed by atoms with Crippen LogP contribution in [0.2, 0.25) is 0 Å². The molecule has 5 nitrogen and oxygen atoms in total. The van der Waals surface area contributed by atoms with E-state index in [0.717, 1.165) is 25.7 Å². The third-order valence-corrected chi connectivity index (χ3v) is 3.76. The van der Waals surface area contributed by atoms with Crippen LogP contribution in [-0.4, -0.2) is 31.7 Å². The zero-order valence-electron chi connectivity index (χ0n) is 12.6. The molecule has 116 valence electrons. The minimum absolute atomic E-state index is 0.0753. The quantitative estimate of drug-likeness (QED) is 0.582. The van der Waals surface area contributed by atoms with E-state index in [9.17, 15) is 9.59 Å². The second-order valence-electron chi connectivity index (χ2n) is 5.48. The summed E-state index contributed by atoms with van der Waals surface area (Å²) < 4.78 is 4.56. The van der Waals surface area contributed by atoms with Crippen LogP contribution >= 0.6 is 0 Å². The molecule has 0 atom stereocenters. The lowest BCUT2D eigenvalue weighted by atomic mass is 9.97. The lowest BCUT2D eigenvalue weighted by molar-refractivity contribution is -0.140. The van der Waals surface area contributed by atoms with Gasteiger partial charge in [-0.25, -0.2) is 4.79 Å². The van der Waals surface area contributed by atoms with Crippen molar-refractivity contribution in [2.75, 3.05) is 13.7 Å². The van der Waals surface area contributed by atoms with Gasteiger partial charge < -0.3 is 15.4 Å². The summed E-state index contributed by atoms with van der Waals surface area (Å²) in [6, 6.07) is 0.249. The van der Waals surface area contributed by atoms with Gasteiger partial charge in [0.2, 0.25) is 0 Å². The van der Waals surface area contributed by atoms with Gasteiger partial charge >= 0.3 is 12.0 Å². The number of carbonyl (C=O) groups excluding carboxylic acids is 2. The lowest BCUT2D eigenvalue weighted by Gasteiger charge is -2.21. The number of hydrogen-bond donors (Lipinski definition) is 2. The van der Waals surface area contributed by atoms with E-state index in [1.54, 1.807) is 0 Å². The molecule has 2 amide bonds. The molecule has 2 N–H and O–H groups in total. The number of urea groups is 1. The lowest BCUT2D eigenvalue weighted by Crippen LogP contribution is -2.42. The van der Waals surface area contributed by atoms with Crippen molar-refractivity contribution in [1.82, 2.24) is 10.6 Å². The summed E-state index contributed by atoms with van der Waals surface area (Å²) in [6.07, 6.45) is 10.5. The van der Waals surface area contributed by atoms with Gasteiger partial charge in [0.05, 0.1) is 7.11 Å². The van der Waals surface area contributed by atoms with Gasteiger partial charge in [0.25, 0.3) is 0 Å². The number of esters is 1. The van der Waals surface area contributed by atoms with Crippen LogP contribution in [0.1, 0.15) is 64.2 Å². The summed E-state index contributed by atoms with van der Waals surface area (Å²) in [7, 11) is 1.39. The Kier molecular flexibility index (Phi) is 8.83. The minimum Gasteiger partial charge on any atom is -0.469 e. The molecule has 0 heterocycles. The standard InChI is InChI=1S/C15H28N2O3/c1-20-14(18)11-7-8-12-16-15(19)17-13-9-5-3-2-4-6-10-13/h13H,2-12H2,1H3,(H2,16,17,19). The van der Waals surface area contributed by atoms with Crippen LogP contribution < -0.4 is 10.6 Å². The Morgan fingerprint density at radius 2 is 1.70 bits per heavy atom. The third-order valence-electron chi connectivity index (χ3n) is 3.76. The van der Waals surface area contributed by atoms with E-state index in [1.165, 1.54) is 39.2 Å².